The molecule has 3 rings (SSSR count). The van der Waals surface area contributed by atoms with Crippen LogP contribution in [0.15, 0.2) is 0 Å². The monoisotopic (exact) mass is 208 g/mol. The number of amides is 1. The summed E-state index contributed by atoms with van der Waals surface area (Å²) >= 11 is 0. The van der Waals surface area contributed by atoms with Crippen molar-refractivity contribution in [1.29, 1.82) is 0 Å². The maximum atomic E-state index is 12.2. The van der Waals surface area contributed by atoms with Gasteiger partial charge in [-0.25, -0.2) is 0 Å². The molecule has 3 heteroatoms. The molecule has 3 fully saturated rings. The van der Waals surface area contributed by atoms with E-state index in [2.05, 4.69) is 5.32 Å². The highest BCUT2D eigenvalue weighted by molar-refractivity contribution is 5.82. The van der Waals surface area contributed by atoms with E-state index < -0.39 is 0 Å². The summed E-state index contributed by atoms with van der Waals surface area (Å²) in [6.07, 6.45) is 5.09. The smallest absolute Gasteiger partial charge is 0.226 e. The van der Waals surface area contributed by atoms with Crippen molar-refractivity contribution in [3.05, 3.63) is 0 Å². The van der Waals surface area contributed by atoms with Crippen LogP contribution in [0, 0.1) is 17.8 Å². The van der Waals surface area contributed by atoms with Crippen LogP contribution in [0.5, 0.6) is 0 Å². The second-order valence-electron chi connectivity index (χ2n) is 5.38. The quantitative estimate of drug-likeness (QED) is 0.730. The van der Waals surface area contributed by atoms with E-state index in [1.165, 1.54) is 19.3 Å². The van der Waals surface area contributed by atoms with Crippen molar-refractivity contribution in [2.45, 2.75) is 31.7 Å². The zero-order valence-electron chi connectivity index (χ0n) is 9.41. The third kappa shape index (κ3) is 1.48. The summed E-state index contributed by atoms with van der Waals surface area (Å²) in [6.45, 7) is 2.06. The molecule has 0 aromatic carbocycles. The average Bonchev–Trinajstić information content (AvgIpc) is 2.72. The van der Waals surface area contributed by atoms with Gasteiger partial charge in [0.15, 0.2) is 0 Å². The van der Waals surface area contributed by atoms with E-state index in [0.29, 0.717) is 17.9 Å². The van der Waals surface area contributed by atoms with Crippen LogP contribution >= 0.6 is 0 Å². The van der Waals surface area contributed by atoms with E-state index in [0.717, 1.165) is 31.3 Å². The third-order valence-electron chi connectivity index (χ3n) is 4.62. The molecular weight excluding hydrogens is 188 g/mol. The molecule has 0 aromatic rings. The first kappa shape index (κ1) is 9.64. The first-order chi connectivity index (χ1) is 7.29. The summed E-state index contributed by atoms with van der Waals surface area (Å²) in [7, 11) is 1.99. The molecule has 0 aromatic heterocycles. The maximum Gasteiger partial charge on any atom is 0.226 e. The Morgan fingerprint density at radius 2 is 2.00 bits per heavy atom. The zero-order chi connectivity index (χ0) is 10.4. The number of fused-ring (bicyclic) bond motifs is 1. The lowest BCUT2D eigenvalue weighted by molar-refractivity contribution is -0.133. The SMILES string of the molecule is CN(C(=O)C1C2CCCC21)C1CCNC1. The molecule has 0 bridgehead atoms. The van der Waals surface area contributed by atoms with Crippen molar-refractivity contribution < 1.29 is 4.79 Å². The summed E-state index contributed by atoms with van der Waals surface area (Å²) in [5, 5.41) is 3.32. The Kier molecular flexibility index (Phi) is 2.23. The minimum atomic E-state index is 0.407. The van der Waals surface area contributed by atoms with Crippen molar-refractivity contribution in [3.8, 4) is 0 Å². The molecule has 2 aliphatic carbocycles. The topological polar surface area (TPSA) is 32.3 Å². The van der Waals surface area contributed by atoms with Crippen LogP contribution in [0.2, 0.25) is 0 Å². The van der Waals surface area contributed by atoms with E-state index in [1.807, 2.05) is 11.9 Å². The van der Waals surface area contributed by atoms with Crippen LogP contribution in [0.3, 0.4) is 0 Å². The molecule has 15 heavy (non-hydrogen) atoms. The molecule has 3 atom stereocenters. The van der Waals surface area contributed by atoms with Crippen molar-refractivity contribution in [2.24, 2.45) is 17.8 Å². The Morgan fingerprint density at radius 3 is 2.60 bits per heavy atom. The fourth-order valence-corrected chi connectivity index (χ4v) is 3.57. The van der Waals surface area contributed by atoms with Gasteiger partial charge in [-0.15, -0.1) is 0 Å². The molecule has 2 saturated carbocycles. The van der Waals surface area contributed by atoms with Gasteiger partial charge in [-0.05, 0) is 37.6 Å². The van der Waals surface area contributed by atoms with Gasteiger partial charge in [0.05, 0.1) is 0 Å². The molecule has 1 amide bonds. The highest BCUT2D eigenvalue weighted by atomic mass is 16.2. The van der Waals surface area contributed by atoms with Gasteiger partial charge in [-0.3, -0.25) is 4.79 Å². The number of nitrogens with one attached hydrogen (secondary N) is 1. The summed E-state index contributed by atoms with van der Waals surface area (Å²) in [5.41, 5.74) is 0. The van der Waals surface area contributed by atoms with E-state index in [-0.39, 0.29) is 0 Å². The van der Waals surface area contributed by atoms with Crippen LogP contribution in [-0.4, -0.2) is 37.0 Å². The number of hydrogen-bond acceptors (Lipinski definition) is 2. The van der Waals surface area contributed by atoms with E-state index >= 15 is 0 Å². The molecule has 1 aliphatic heterocycles. The van der Waals surface area contributed by atoms with Crippen LogP contribution in [0.1, 0.15) is 25.7 Å². The molecule has 1 heterocycles. The molecule has 84 valence electrons. The number of rotatable bonds is 2. The number of likely N-dealkylation sites (N-methyl/N-ethyl adjacent to an activating group) is 1. The molecule has 0 radical (unpaired) electrons. The molecule has 3 aliphatic rings. The second kappa shape index (κ2) is 3.48. The highest BCUT2D eigenvalue weighted by Crippen LogP contribution is 2.58. The molecule has 3 unspecified atom stereocenters. The van der Waals surface area contributed by atoms with Gasteiger partial charge in [0, 0.05) is 25.6 Å². The molecule has 1 saturated heterocycles. The predicted molar refractivity (Wildman–Crippen MR) is 58.4 cm³/mol. The third-order valence-corrected chi connectivity index (χ3v) is 4.62. The lowest BCUT2D eigenvalue weighted by Crippen LogP contribution is -2.39. The number of hydrogen-bond donors (Lipinski definition) is 1. The van der Waals surface area contributed by atoms with Crippen LogP contribution in [-0.2, 0) is 4.79 Å². The Bertz CT molecular complexity index is 263. The van der Waals surface area contributed by atoms with Gasteiger partial charge in [0.1, 0.15) is 0 Å². The molecule has 1 N–H and O–H groups in total. The maximum absolute atomic E-state index is 12.2. The second-order valence-corrected chi connectivity index (χ2v) is 5.38. The Hall–Kier alpha value is -0.570. The standard InChI is InChI=1S/C12H20N2O/c1-14(8-5-6-13-7-8)12(15)11-9-3-2-4-10(9)11/h8-11,13H,2-7H2,1H3. The lowest BCUT2D eigenvalue weighted by Gasteiger charge is -2.24. The summed E-state index contributed by atoms with van der Waals surface area (Å²) in [6, 6.07) is 0.457. The van der Waals surface area contributed by atoms with Crippen LogP contribution < -0.4 is 5.32 Å². The van der Waals surface area contributed by atoms with Gasteiger partial charge in [0.25, 0.3) is 0 Å². The van der Waals surface area contributed by atoms with Gasteiger partial charge in [-0.1, -0.05) is 6.42 Å². The average molecular weight is 208 g/mol. The first-order valence-electron chi connectivity index (χ1n) is 6.26. The van der Waals surface area contributed by atoms with Gasteiger partial charge >= 0.3 is 0 Å². The first-order valence-corrected chi connectivity index (χ1v) is 6.26. The lowest BCUT2D eigenvalue weighted by atomic mass is 10.1. The van der Waals surface area contributed by atoms with E-state index in [9.17, 15) is 4.79 Å². The van der Waals surface area contributed by atoms with E-state index in [4.69, 9.17) is 0 Å². The Balaban J connectivity index is 1.60. The van der Waals surface area contributed by atoms with Gasteiger partial charge < -0.3 is 10.2 Å². The van der Waals surface area contributed by atoms with E-state index in [1.54, 1.807) is 0 Å². The summed E-state index contributed by atoms with van der Waals surface area (Å²) in [5.74, 6) is 2.35. The van der Waals surface area contributed by atoms with Crippen molar-refractivity contribution in [3.63, 3.8) is 0 Å². The normalized spacial score (nSPS) is 42.7. The van der Waals surface area contributed by atoms with Crippen molar-refractivity contribution in [2.75, 3.05) is 20.1 Å². The van der Waals surface area contributed by atoms with Crippen molar-refractivity contribution in [1.82, 2.24) is 10.2 Å². The van der Waals surface area contributed by atoms with Crippen molar-refractivity contribution >= 4 is 5.91 Å². The largest absolute Gasteiger partial charge is 0.341 e. The fourth-order valence-electron chi connectivity index (χ4n) is 3.57. The minimum Gasteiger partial charge on any atom is -0.341 e. The predicted octanol–water partition coefficient (Wildman–Crippen LogP) is 0.853. The number of carbonyl (C=O) groups is 1. The zero-order valence-corrected chi connectivity index (χ0v) is 9.41. The Morgan fingerprint density at radius 1 is 1.27 bits per heavy atom. The fraction of sp³-hybridized carbons (Fsp3) is 0.917. The number of nitrogens with zero attached hydrogens (tertiary/aromatic N) is 1. The minimum absolute atomic E-state index is 0.407. The van der Waals surface area contributed by atoms with Crippen LogP contribution in [0.25, 0.3) is 0 Å². The summed E-state index contributed by atoms with van der Waals surface area (Å²) < 4.78 is 0. The highest BCUT2D eigenvalue weighted by Gasteiger charge is 2.57. The number of carbonyl (C=O) groups excluding carboxylic acids is 1. The molecule has 0 spiro atoms. The Labute approximate surface area is 91.2 Å². The summed E-state index contributed by atoms with van der Waals surface area (Å²) in [4.78, 5) is 14.2. The molecule has 3 nitrogen and oxygen atoms in total. The van der Waals surface area contributed by atoms with Gasteiger partial charge in [-0.2, -0.15) is 0 Å². The van der Waals surface area contributed by atoms with Gasteiger partial charge in [0.2, 0.25) is 5.91 Å². The van der Waals surface area contributed by atoms with Crippen LogP contribution in [0.4, 0.5) is 0 Å². The molecular formula is C12H20N2O.